The Labute approximate surface area is 108 Å². The van der Waals surface area contributed by atoms with E-state index in [4.69, 9.17) is 9.47 Å². The fourth-order valence-electron chi connectivity index (χ4n) is 2.15. The Hall–Kier alpha value is -0.910. The lowest BCUT2D eigenvalue weighted by molar-refractivity contribution is -0.0428. The summed E-state index contributed by atoms with van der Waals surface area (Å²) in [6.45, 7) is 6.35. The molecule has 0 spiro atoms. The van der Waals surface area contributed by atoms with Gasteiger partial charge in [-0.05, 0) is 32.9 Å². The molecule has 1 saturated heterocycles. The van der Waals surface area contributed by atoms with Gasteiger partial charge in [-0.1, -0.05) is 12.1 Å². The zero-order valence-corrected chi connectivity index (χ0v) is 11.9. The van der Waals surface area contributed by atoms with Gasteiger partial charge in [-0.25, -0.2) is 8.42 Å². The van der Waals surface area contributed by atoms with Gasteiger partial charge < -0.3 is 9.47 Å². The fraction of sp³-hybridized carbons (Fsp3) is 0.538. The maximum absolute atomic E-state index is 11.4. The molecule has 1 aromatic rings. The molecule has 1 aliphatic heterocycles. The van der Waals surface area contributed by atoms with Gasteiger partial charge in [0, 0.05) is 18.4 Å². The number of epoxide rings is 1. The van der Waals surface area contributed by atoms with Crippen LogP contribution in [-0.2, 0) is 25.1 Å². The molecular formula is C13H18O4S. The van der Waals surface area contributed by atoms with Crippen molar-refractivity contribution in [2.24, 2.45) is 0 Å². The molecule has 1 heterocycles. The van der Waals surface area contributed by atoms with Crippen molar-refractivity contribution in [3.63, 3.8) is 0 Å². The number of sulfone groups is 1. The van der Waals surface area contributed by atoms with Crippen molar-refractivity contribution >= 4 is 9.84 Å². The molecule has 0 aliphatic carbocycles. The molecule has 0 radical (unpaired) electrons. The molecule has 1 fully saturated rings. The molecule has 1 aliphatic rings. The molecule has 1 unspecified atom stereocenters. The maximum atomic E-state index is 11.4. The number of hydrogen-bond acceptors (Lipinski definition) is 4. The second-order valence-corrected chi connectivity index (χ2v) is 6.97. The van der Waals surface area contributed by atoms with Crippen molar-refractivity contribution in [1.29, 1.82) is 0 Å². The summed E-state index contributed by atoms with van der Waals surface area (Å²) < 4.78 is 34.2. The second-order valence-electron chi connectivity index (χ2n) is 4.96. The zero-order chi connectivity index (χ0) is 13.6. The molecule has 100 valence electrons. The zero-order valence-electron chi connectivity index (χ0n) is 11.1. The van der Waals surface area contributed by atoms with Crippen LogP contribution in [0.5, 0.6) is 0 Å². The van der Waals surface area contributed by atoms with Crippen LogP contribution in [0.25, 0.3) is 0 Å². The highest BCUT2D eigenvalue weighted by Gasteiger charge is 2.66. The first-order valence-corrected chi connectivity index (χ1v) is 7.77. The van der Waals surface area contributed by atoms with Gasteiger partial charge in [-0.15, -0.1) is 0 Å². The summed E-state index contributed by atoms with van der Waals surface area (Å²) in [6, 6.07) is 6.67. The second kappa shape index (κ2) is 4.05. The molecule has 5 heteroatoms. The third-order valence-electron chi connectivity index (χ3n) is 3.16. The van der Waals surface area contributed by atoms with Crippen molar-refractivity contribution < 1.29 is 17.9 Å². The maximum Gasteiger partial charge on any atom is 0.225 e. The lowest BCUT2D eigenvalue weighted by Gasteiger charge is -2.15. The van der Waals surface area contributed by atoms with Gasteiger partial charge in [-0.3, -0.25) is 0 Å². The summed E-state index contributed by atoms with van der Waals surface area (Å²) in [7, 11) is -3.17. The van der Waals surface area contributed by atoms with Crippen LogP contribution >= 0.6 is 0 Å². The smallest absolute Gasteiger partial charge is 0.225 e. The predicted molar refractivity (Wildman–Crippen MR) is 68.0 cm³/mol. The van der Waals surface area contributed by atoms with Crippen LogP contribution in [-0.4, -0.2) is 26.9 Å². The fourth-order valence-corrected chi connectivity index (χ4v) is 2.78. The Morgan fingerprint density at radius 1 is 1.22 bits per heavy atom. The molecule has 0 aromatic heterocycles. The van der Waals surface area contributed by atoms with E-state index in [-0.39, 0.29) is 5.60 Å². The van der Waals surface area contributed by atoms with Crippen LogP contribution in [0.4, 0.5) is 0 Å². The van der Waals surface area contributed by atoms with Crippen LogP contribution in [0.15, 0.2) is 29.2 Å². The first-order valence-electron chi connectivity index (χ1n) is 5.88. The van der Waals surface area contributed by atoms with Gasteiger partial charge >= 0.3 is 0 Å². The third kappa shape index (κ3) is 2.06. The van der Waals surface area contributed by atoms with Crippen molar-refractivity contribution in [1.82, 2.24) is 0 Å². The Kier molecular flexibility index (Phi) is 3.04. The van der Waals surface area contributed by atoms with E-state index in [1.165, 1.54) is 6.26 Å². The summed E-state index contributed by atoms with van der Waals surface area (Å²) in [5.74, 6) is -0.738. The van der Waals surface area contributed by atoms with E-state index in [0.717, 1.165) is 5.56 Å². The largest absolute Gasteiger partial charge is 0.344 e. The van der Waals surface area contributed by atoms with E-state index in [1.807, 2.05) is 20.8 Å². The minimum atomic E-state index is -3.17. The number of hydrogen-bond donors (Lipinski definition) is 0. The van der Waals surface area contributed by atoms with Gasteiger partial charge in [0.05, 0.1) is 4.90 Å². The summed E-state index contributed by atoms with van der Waals surface area (Å²) in [6.07, 6.45) is 1.19. The Morgan fingerprint density at radius 3 is 2.06 bits per heavy atom. The lowest BCUT2D eigenvalue weighted by Crippen LogP contribution is -2.22. The predicted octanol–water partition coefficient (Wildman–Crippen LogP) is 2.09. The van der Waals surface area contributed by atoms with E-state index in [1.54, 1.807) is 24.3 Å². The van der Waals surface area contributed by atoms with Crippen LogP contribution in [0, 0.1) is 0 Å². The highest BCUT2D eigenvalue weighted by molar-refractivity contribution is 7.90. The summed E-state index contributed by atoms with van der Waals surface area (Å²) in [5.41, 5.74) is 0.469. The average molecular weight is 270 g/mol. The van der Waals surface area contributed by atoms with Crippen LogP contribution in [0.3, 0.4) is 0 Å². The number of benzene rings is 1. The highest BCUT2D eigenvalue weighted by Crippen LogP contribution is 2.56. The standard InChI is InChI=1S/C13H18O4S/c1-5-16-13(12(2,3)17-13)10-6-8-11(9-7-10)18(4,14)15/h6-9H,5H2,1-4H3. The quantitative estimate of drug-likeness (QED) is 0.786. The topological polar surface area (TPSA) is 55.9 Å². The normalized spacial score (nSPS) is 26.0. The van der Waals surface area contributed by atoms with Crippen molar-refractivity contribution in [2.45, 2.75) is 37.1 Å². The first-order chi connectivity index (χ1) is 8.23. The third-order valence-corrected chi connectivity index (χ3v) is 4.29. The van der Waals surface area contributed by atoms with E-state index in [2.05, 4.69) is 0 Å². The van der Waals surface area contributed by atoms with Crippen LogP contribution < -0.4 is 0 Å². The van der Waals surface area contributed by atoms with E-state index >= 15 is 0 Å². The van der Waals surface area contributed by atoms with Crippen molar-refractivity contribution in [3.8, 4) is 0 Å². The van der Waals surface area contributed by atoms with E-state index in [9.17, 15) is 8.42 Å². The summed E-state index contributed by atoms with van der Waals surface area (Å²) in [5, 5.41) is 0. The monoisotopic (exact) mass is 270 g/mol. The molecule has 2 rings (SSSR count). The van der Waals surface area contributed by atoms with Gasteiger partial charge in [0.25, 0.3) is 0 Å². The molecule has 1 aromatic carbocycles. The van der Waals surface area contributed by atoms with E-state index in [0.29, 0.717) is 11.5 Å². The van der Waals surface area contributed by atoms with Gasteiger partial charge in [-0.2, -0.15) is 0 Å². The van der Waals surface area contributed by atoms with Gasteiger partial charge in [0.15, 0.2) is 9.84 Å². The number of rotatable bonds is 4. The minimum Gasteiger partial charge on any atom is -0.344 e. The van der Waals surface area contributed by atoms with Crippen molar-refractivity contribution in [3.05, 3.63) is 29.8 Å². The Morgan fingerprint density at radius 2 is 1.72 bits per heavy atom. The average Bonchev–Trinajstić information content (AvgIpc) is 2.81. The first kappa shape index (κ1) is 13.5. The minimum absolute atomic E-state index is 0.302. The van der Waals surface area contributed by atoms with Crippen molar-refractivity contribution in [2.75, 3.05) is 12.9 Å². The Balaban J connectivity index is 2.36. The lowest BCUT2D eigenvalue weighted by atomic mass is 9.99. The molecular weight excluding hydrogens is 252 g/mol. The van der Waals surface area contributed by atoms with Gasteiger partial charge in [0.2, 0.25) is 5.79 Å². The molecule has 18 heavy (non-hydrogen) atoms. The molecule has 0 bridgehead atoms. The molecule has 0 N–H and O–H groups in total. The highest BCUT2D eigenvalue weighted by atomic mass is 32.2. The number of ether oxygens (including phenoxy) is 2. The molecule has 1 atom stereocenters. The van der Waals surface area contributed by atoms with Crippen LogP contribution in [0.2, 0.25) is 0 Å². The SMILES string of the molecule is CCOC1(c2ccc(S(C)(=O)=O)cc2)OC1(C)C. The Bertz CT molecular complexity index is 545. The molecule has 0 saturated carbocycles. The van der Waals surface area contributed by atoms with Gasteiger partial charge in [0.1, 0.15) is 5.60 Å². The summed E-state index contributed by atoms with van der Waals surface area (Å²) >= 11 is 0. The summed E-state index contributed by atoms with van der Waals surface area (Å²) in [4.78, 5) is 0.302. The van der Waals surface area contributed by atoms with Crippen LogP contribution in [0.1, 0.15) is 26.3 Å². The van der Waals surface area contributed by atoms with E-state index < -0.39 is 15.6 Å². The molecule has 4 nitrogen and oxygen atoms in total. The molecule has 0 amide bonds.